The molecule has 0 aromatic carbocycles. The van der Waals surface area contributed by atoms with E-state index >= 15 is 0 Å². The second kappa shape index (κ2) is 33.2. The molecule has 0 rings (SSSR count). The van der Waals surface area contributed by atoms with Gasteiger partial charge in [0, 0.05) is 27.3 Å². The van der Waals surface area contributed by atoms with Gasteiger partial charge in [0.1, 0.15) is 5.78 Å². The lowest BCUT2D eigenvalue weighted by Crippen LogP contribution is -2.08. The van der Waals surface area contributed by atoms with Crippen molar-refractivity contribution in [1.82, 2.24) is 0 Å². The highest BCUT2D eigenvalue weighted by molar-refractivity contribution is 5.80. The summed E-state index contributed by atoms with van der Waals surface area (Å²) < 4.78 is 4.68. The van der Waals surface area contributed by atoms with E-state index in [-0.39, 0.29) is 44.7 Å². The van der Waals surface area contributed by atoms with Crippen molar-refractivity contribution in [2.45, 2.75) is 124 Å². The fourth-order valence-electron chi connectivity index (χ4n) is 2.54. The molecule has 0 aromatic rings. The number of aliphatic carboxylic acids is 1. The highest BCUT2D eigenvalue weighted by Crippen LogP contribution is 2.11. The number of ether oxygens (including phenoxy) is 1. The van der Waals surface area contributed by atoms with Crippen LogP contribution in [0.1, 0.15) is 125 Å². The van der Waals surface area contributed by atoms with Gasteiger partial charge in [0.05, 0.1) is 13.0 Å². The number of rotatable bonds is 18. The van der Waals surface area contributed by atoms with Crippen molar-refractivity contribution in [2.75, 3.05) is 13.2 Å². The fourth-order valence-corrected chi connectivity index (χ4v) is 2.54. The van der Waals surface area contributed by atoms with Gasteiger partial charge in [-0.3, -0.25) is 9.59 Å². The average molecular weight is 453 g/mol. The Kier molecular flexibility index (Phi) is 39.5. The van der Waals surface area contributed by atoms with Gasteiger partial charge >= 0.3 is 11.9 Å². The smallest absolute Gasteiger partial charge is 0.306 e. The summed E-state index contributed by atoms with van der Waals surface area (Å²) in [5.41, 5.74) is 0. The third-order valence-corrected chi connectivity index (χ3v) is 4.24. The number of carboxylic acid groups (broad SMARTS) is 1. The first-order valence-corrected chi connectivity index (χ1v) is 11.9. The maximum absolute atomic E-state index is 10.8. The molecule has 0 amide bonds. The zero-order valence-corrected chi connectivity index (χ0v) is 20.5. The first kappa shape index (κ1) is 36.9. The van der Waals surface area contributed by atoms with Crippen LogP contribution in [0.25, 0.3) is 0 Å². The lowest BCUT2D eigenvalue weighted by atomic mass is 10.1. The van der Waals surface area contributed by atoms with E-state index < -0.39 is 5.97 Å². The van der Waals surface area contributed by atoms with E-state index in [4.69, 9.17) is 10.2 Å². The number of hydrogen-bond acceptors (Lipinski definition) is 5. The third-order valence-electron chi connectivity index (χ3n) is 4.24. The Hall–Kier alpha value is -1.47. The topological polar surface area (TPSA) is 132 Å². The number of ketones is 1. The lowest BCUT2D eigenvalue weighted by molar-refractivity contribution is -0.145. The van der Waals surface area contributed by atoms with Crippen molar-refractivity contribution >= 4 is 17.7 Å². The summed E-state index contributed by atoms with van der Waals surface area (Å²) >= 11 is 0. The predicted octanol–water partition coefficient (Wildman–Crippen LogP) is 5.50. The summed E-state index contributed by atoms with van der Waals surface area (Å²) in [6.45, 7) is 7.92. The molecular formula is C24H52O7. The summed E-state index contributed by atoms with van der Waals surface area (Å²) in [6.07, 6.45) is 15.2. The van der Waals surface area contributed by atoms with E-state index in [0.717, 1.165) is 12.8 Å². The Morgan fingerprint density at radius 1 is 0.742 bits per heavy atom. The molecule has 0 unspecified atom stereocenters. The Bertz CT molecular complexity index is 391. The first-order chi connectivity index (χ1) is 14.4. The molecule has 0 aromatic heterocycles. The van der Waals surface area contributed by atoms with Gasteiger partial charge in [-0.25, -0.2) is 0 Å². The predicted molar refractivity (Wildman–Crippen MR) is 128 cm³/mol. The number of carbonyl (C=O) groups excluding carboxylic acids is 2. The molecule has 190 valence electrons. The first-order valence-electron chi connectivity index (χ1n) is 11.9. The van der Waals surface area contributed by atoms with Crippen LogP contribution in [0.5, 0.6) is 0 Å². The molecule has 7 heteroatoms. The largest absolute Gasteiger partial charge is 0.481 e. The van der Waals surface area contributed by atoms with Crippen LogP contribution < -0.4 is 0 Å². The normalized spacial score (nSPS) is 9.32. The summed E-state index contributed by atoms with van der Waals surface area (Å²) in [5, 5.41) is 16.8. The second-order valence-corrected chi connectivity index (χ2v) is 7.18. The van der Waals surface area contributed by atoms with Crippen LogP contribution in [-0.2, 0) is 19.1 Å². The highest BCUT2D eigenvalue weighted by Gasteiger charge is 2.03. The molecule has 0 bridgehead atoms. The molecule has 0 atom stereocenters. The molecule has 0 radical (unpaired) electrons. The highest BCUT2D eigenvalue weighted by atomic mass is 16.5. The standard InChI is InChI=1S/C14H28O2.C8H14O4.C2H6.H2O.H2/c1-2-3-4-5-6-7-8-9-10-11-12-13-14(15)16;1-7(10)3-4-8(11)12-6-2-5-9;1-2;;/h2-13H2,1H3,(H,15,16);9H,2-6H2,1H3;1-2H3;1H2;1H. The second-order valence-electron chi connectivity index (χ2n) is 7.18. The van der Waals surface area contributed by atoms with E-state index in [1.807, 2.05) is 13.8 Å². The van der Waals surface area contributed by atoms with E-state index in [1.54, 1.807) is 0 Å². The molecule has 4 N–H and O–H groups in total. The summed E-state index contributed by atoms with van der Waals surface area (Å²) in [6, 6.07) is 0. The van der Waals surface area contributed by atoms with Gasteiger partial charge in [-0.2, -0.15) is 0 Å². The van der Waals surface area contributed by atoms with Crippen molar-refractivity contribution in [3.8, 4) is 0 Å². The van der Waals surface area contributed by atoms with E-state index in [0.29, 0.717) is 12.8 Å². The van der Waals surface area contributed by atoms with Gasteiger partial charge in [-0.15, -0.1) is 0 Å². The Morgan fingerprint density at radius 3 is 1.58 bits per heavy atom. The number of Topliss-reactive ketones (excluding diaryl/α,β-unsaturated/α-hetero) is 1. The maximum Gasteiger partial charge on any atom is 0.306 e. The minimum atomic E-state index is -0.657. The number of aliphatic hydroxyl groups excluding tert-OH is 1. The minimum absolute atomic E-state index is 0. The molecule has 0 fully saturated rings. The van der Waals surface area contributed by atoms with Crippen LogP contribution in [0, 0.1) is 0 Å². The van der Waals surface area contributed by atoms with E-state index in [1.165, 1.54) is 64.7 Å². The van der Waals surface area contributed by atoms with E-state index in [2.05, 4.69) is 11.7 Å². The van der Waals surface area contributed by atoms with Gasteiger partial charge in [-0.05, 0) is 13.3 Å². The number of carboxylic acids is 1. The number of aliphatic hydroxyl groups is 1. The Balaban J connectivity index is -0.000000137. The Morgan fingerprint density at radius 2 is 1.19 bits per heavy atom. The van der Waals surface area contributed by atoms with Crippen molar-refractivity contribution in [3.63, 3.8) is 0 Å². The molecule has 31 heavy (non-hydrogen) atoms. The van der Waals surface area contributed by atoms with Crippen LogP contribution in [-0.4, -0.2) is 46.6 Å². The number of unbranched alkanes of at least 4 members (excludes halogenated alkanes) is 10. The van der Waals surface area contributed by atoms with Crippen molar-refractivity contribution in [1.29, 1.82) is 0 Å². The van der Waals surface area contributed by atoms with Crippen molar-refractivity contribution in [3.05, 3.63) is 0 Å². The molecule has 0 aliphatic heterocycles. The molecular weight excluding hydrogens is 400 g/mol. The van der Waals surface area contributed by atoms with Crippen molar-refractivity contribution in [2.24, 2.45) is 0 Å². The zero-order chi connectivity index (χ0) is 23.5. The van der Waals surface area contributed by atoms with Gasteiger partial charge < -0.3 is 25.2 Å². The van der Waals surface area contributed by atoms with Crippen LogP contribution in [0.3, 0.4) is 0 Å². The van der Waals surface area contributed by atoms with Crippen LogP contribution >= 0.6 is 0 Å². The van der Waals surface area contributed by atoms with Gasteiger partial charge in [-0.1, -0.05) is 85.0 Å². The average Bonchev–Trinajstić information content (AvgIpc) is 2.72. The minimum Gasteiger partial charge on any atom is -0.481 e. The summed E-state index contributed by atoms with van der Waals surface area (Å²) in [5.74, 6) is -1.05. The maximum atomic E-state index is 10.8. The van der Waals surface area contributed by atoms with Gasteiger partial charge in [0.2, 0.25) is 0 Å². The van der Waals surface area contributed by atoms with Crippen LogP contribution in [0.15, 0.2) is 0 Å². The molecule has 0 heterocycles. The number of esters is 1. The summed E-state index contributed by atoms with van der Waals surface area (Å²) in [4.78, 5) is 31.5. The molecule has 0 spiro atoms. The SMILES string of the molecule is CC.CC(=O)CCC(=O)OCCCO.CCCCCCCCCCCCCC(=O)O.O.[HH]. The monoisotopic (exact) mass is 452 g/mol. The number of hydrogen-bond donors (Lipinski definition) is 2. The molecule has 0 saturated heterocycles. The lowest BCUT2D eigenvalue weighted by Gasteiger charge is -2.01. The Labute approximate surface area is 191 Å². The van der Waals surface area contributed by atoms with Crippen LogP contribution in [0.4, 0.5) is 0 Å². The number of carbonyl (C=O) groups is 3. The van der Waals surface area contributed by atoms with Gasteiger partial charge in [0.15, 0.2) is 0 Å². The molecule has 0 saturated carbocycles. The van der Waals surface area contributed by atoms with Crippen LogP contribution in [0.2, 0.25) is 0 Å². The van der Waals surface area contributed by atoms with E-state index in [9.17, 15) is 14.4 Å². The quantitative estimate of drug-likeness (QED) is 0.208. The van der Waals surface area contributed by atoms with Crippen molar-refractivity contribution < 1.29 is 36.2 Å². The fraction of sp³-hybridized carbons (Fsp3) is 0.875. The zero-order valence-electron chi connectivity index (χ0n) is 20.5. The van der Waals surface area contributed by atoms with Gasteiger partial charge in [0.25, 0.3) is 0 Å². The third kappa shape index (κ3) is 43.3. The molecule has 0 aliphatic rings. The summed E-state index contributed by atoms with van der Waals surface area (Å²) in [7, 11) is 0. The molecule has 0 aliphatic carbocycles. The molecule has 7 nitrogen and oxygen atoms in total.